The van der Waals surface area contributed by atoms with Gasteiger partial charge in [0.1, 0.15) is 18.2 Å². The van der Waals surface area contributed by atoms with Crippen LogP contribution in [-0.4, -0.2) is 9.55 Å². The minimum Gasteiger partial charge on any atom is -0.486 e. The Labute approximate surface area is 116 Å². The van der Waals surface area contributed by atoms with Gasteiger partial charge in [0.05, 0.1) is 22.7 Å². The summed E-state index contributed by atoms with van der Waals surface area (Å²) in [5.41, 5.74) is 2.45. The summed E-state index contributed by atoms with van der Waals surface area (Å²) in [6, 6.07) is 17.3. The number of benzene rings is 2. The molecule has 98 valence electrons. The number of hydrogen-bond donors (Lipinski definition) is 0. The van der Waals surface area contributed by atoms with Crippen LogP contribution in [0.5, 0.6) is 5.75 Å². The second-order valence-corrected chi connectivity index (χ2v) is 4.50. The third-order valence-electron chi connectivity index (χ3n) is 3.21. The first kappa shape index (κ1) is 12.2. The third-order valence-corrected chi connectivity index (χ3v) is 3.21. The molecular weight excluding hydrogens is 250 g/mol. The van der Waals surface area contributed by atoms with Gasteiger partial charge in [-0.1, -0.05) is 18.2 Å². The molecule has 0 aliphatic rings. The standard InChI is InChI=1S/C16H13N3O/c1-19-15-9-12(10-17)7-8-14(15)18-16(19)11-20-13-5-3-2-4-6-13/h2-9H,11H2,1H3. The fourth-order valence-corrected chi connectivity index (χ4v) is 2.10. The van der Waals surface area contributed by atoms with E-state index in [0.717, 1.165) is 22.6 Å². The van der Waals surface area contributed by atoms with E-state index in [1.807, 2.05) is 54.1 Å². The Morgan fingerprint density at radius 2 is 2.00 bits per heavy atom. The summed E-state index contributed by atoms with van der Waals surface area (Å²) in [6.45, 7) is 0.400. The lowest BCUT2D eigenvalue weighted by molar-refractivity contribution is 0.292. The van der Waals surface area contributed by atoms with Gasteiger partial charge in [0, 0.05) is 7.05 Å². The highest BCUT2D eigenvalue weighted by molar-refractivity contribution is 5.77. The van der Waals surface area contributed by atoms with E-state index in [1.165, 1.54) is 0 Å². The monoisotopic (exact) mass is 263 g/mol. The molecule has 0 unspecified atom stereocenters. The van der Waals surface area contributed by atoms with Crippen molar-refractivity contribution in [2.75, 3.05) is 0 Å². The Kier molecular flexibility index (Phi) is 3.10. The van der Waals surface area contributed by atoms with Gasteiger partial charge >= 0.3 is 0 Å². The quantitative estimate of drug-likeness (QED) is 0.729. The van der Waals surface area contributed by atoms with E-state index in [0.29, 0.717) is 12.2 Å². The molecule has 0 fully saturated rings. The predicted molar refractivity (Wildman–Crippen MR) is 76.2 cm³/mol. The third kappa shape index (κ3) is 2.21. The largest absolute Gasteiger partial charge is 0.486 e. The Morgan fingerprint density at radius 3 is 2.75 bits per heavy atom. The molecule has 0 spiro atoms. The number of nitriles is 1. The normalized spacial score (nSPS) is 10.4. The van der Waals surface area contributed by atoms with Gasteiger partial charge in [0.25, 0.3) is 0 Å². The van der Waals surface area contributed by atoms with Gasteiger partial charge in [-0.15, -0.1) is 0 Å². The first-order valence-electron chi connectivity index (χ1n) is 6.31. The number of ether oxygens (including phenoxy) is 1. The van der Waals surface area contributed by atoms with Crippen LogP contribution in [0.4, 0.5) is 0 Å². The van der Waals surface area contributed by atoms with Crippen LogP contribution < -0.4 is 4.74 Å². The van der Waals surface area contributed by atoms with Gasteiger partial charge < -0.3 is 9.30 Å². The molecule has 0 saturated carbocycles. The maximum absolute atomic E-state index is 8.94. The van der Waals surface area contributed by atoms with Gasteiger partial charge in [-0.3, -0.25) is 0 Å². The summed E-state index contributed by atoms with van der Waals surface area (Å²) < 4.78 is 7.67. The van der Waals surface area contributed by atoms with Crippen LogP contribution in [-0.2, 0) is 13.7 Å². The summed E-state index contributed by atoms with van der Waals surface area (Å²) in [4.78, 5) is 4.53. The molecule has 3 aromatic rings. The van der Waals surface area contributed by atoms with Gasteiger partial charge in [-0.05, 0) is 30.3 Å². The Bertz CT molecular complexity index is 785. The highest BCUT2D eigenvalue weighted by Gasteiger charge is 2.09. The van der Waals surface area contributed by atoms with Crippen molar-refractivity contribution in [3.05, 3.63) is 59.9 Å². The second kappa shape index (κ2) is 5.06. The van der Waals surface area contributed by atoms with Crippen LogP contribution in [0.1, 0.15) is 11.4 Å². The molecule has 1 heterocycles. The molecule has 1 aromatic heterocycles. The molecule has 0 N–H and O–H groups in total. The van der Waals surface area contributed by atoms with E-state index in [1.54, 1.807) is 6.07 Å². The molecule has 20 heavy (non-hydrogen) atoms. The molecular formula is C16H13N3O. The van der Waals surface area contributed by atoms with Crippen LogP contribution >= 0.6 is 0 Å². The maximum atomic E-state index is 8.94. The Hall–Kier alpha value is -2.80. The molecule has 0 saturated heterocycles. The van der Waals surface area contributed by atoms with Crippen LogP contribution in [0.25, 0.3) is 11.0 Å². The summed E-state index contributed by atoms with van der Waals surface area (Å²) in [5, 5.41) is 8.94. The van der Waals surface area contributed by atoms with Crippen molar-refractivity contribution < 1.29 is 4.74 Å². The van der Waals surface area contributed by atoms with Crippen molar-refractivity contribution in [1.82, 2.24) is 9.55 Å². The zero-order valence-corrected chi connectivity index (χ0v) is 11.1. The minimum absolute atomic E-state index is 0.400. The number of para-hydroxylation sites is 1. The van der Waals surface area contributed by atoms with Crippen molar-refractivity contribution in [2.24, 2.45) is 7.05 Å². The van der Waals surface area contributed by atoms with Crippen LogP contribution in [0.15, 0.2) is 48.5 Å². The predicted octanol–water partition coefficient (Wildman–Crippen LogP) is 3.02. The van der Waals surface area contributed by atoms with Gasteiger partial charge in [0.2, 0.25) is 0 Å². The molecule has 0 bridgehead atoms. The number of hydrogen-bond acceptors (Lipinski definition) is 3. The molecule has 0 radical (unpaired) electrons. The Balaban J connectivity index is 1.89. The zero-order chi connectivity index (χ0) is 13.9. The number of imidazole rings is 1. The summed E-state index contributed by atoms with van der Waals surface area (Å²) >= 11 is 0. The van der Waals surface area contributed by atoms with E-state index < -0.39 is 0 Å². The first-order valence-corrected chi connectivity index (χ1v) is 6.31. The fourth-order valence-electron chi connectivity index (χ4n) is 2.10. The van der Waals surface area contributed by atoms with Crippen molar-refractivity contribution >= 4 is 11.0 Å². The van der Waals surface area contributed by atoms with Crippen molar-refractivity contribution in [3.8, 4) is 11.8 Å². The number of aromatic nitrogens is 2. The summed E-state index contributed by atoms with van der Waals surface area (Å²) in [6.07, 6.45) is 0. The average molecular weight is 263 g/mol. The smallest absolute Gasteiger partial charge is 0.147 e. The molecule has 0 aliphatic heterocycles. The molecule has 0 atom stereocenters. The lowest BCUT2D eigenvalue weighted by Gasteiger charge is -2.05. The highest BCUT2D eigenvalue weighted by atomic mass is 16.5. The average Bonchev–Trinajstić information content (AvgIpc) is 2.82. The van der Waals surface area contributed by atoms with Crippen LogP contribution in [0.2, 0.25) is 0 Å². The fraction of sp³-hybridized carbons (Fsp3) is 0.125. The lowest BCUT2D eigenvalue weighted by atomic mass is 10.2. The Morgan fingerprint density at radius 1 is 1.20 bits per heavy atom. The van der Waals surface area contributed by atoms with E-state index in [4.69, 9.17) is 10.00 Å². The summed E-state index contributed by atoms with van der Waals surface area (Å²) in [5.74, 6) is 1.65. The highest BCUT2D eigenvalue weighted by Crippen LogP contribution is 2.18. The number of fused-ring (bicyclic) bond motifs is 1. The van der Waals surface area contributed by atoms with Gasteiger partial charge in [-0.2, -0.15) is 5.26 Å². The van der Waals surface area contributed by atoms with Crippen molar-refractivity contribution in [1.29, 1.82) is 5.26 Å². The molecule has 2 aromatic carbocycles. The van der Waals surface area contributed by atoms with E-state index in [2.05, 4.69) is 11.1 Å². The zero-order valence-electron chi connectivity index (χ0n) is 11.1. The van der Waals surface area contributed by atoms with E-state index >= 15 is 0 Å². The SMILES string of the molecule is Cn1c(COc2ccccc2)nc2ccc(C#N)cc21. The number of nitrogens with zero attached hydrogens (tertiary/aromatic N) is 3. The van der Waals surface area contributed by atoms with Crippen molar-refractivity contribution in [2.45, 2.75) is 6.61 Å². The molecule has 3 rings (SSSR count). The van der Waals surface area contributed by atoms with Crippen LogP contribution in [0, 0.1) is 11.3 Å². The first-order chi connectivity index (χ1) is 9.78. The molecule has 4 nitrogen and oxygen atoms in total. The summed E-state index contributed by atoms with van der Waals surface area (Å²) in [7, 11) is 1.93. The lowest BCUT2D eigenvalue weighted by Crippen LogP contribution is -2.03. The topological polar surface area (TPSA) is 50.8 Å². The number of rotatable bonds is 3. The maximum Gasteiger partial charge on any atom is 0.147 e. The minimum atomic E-state index is 0.400. The van der Waals surface area contributed by atoms with E-state index in [9.17, 15) is 0 Å². The number of aryl methyl sites for hydroxylation is 1. The molecule has 4 heteroatoms. The van der Waals surface area contributed by atoms with Crippen LogP contribution in [0.3, 0.4) is 0 Å². The molecule has 0 aliphatic carbocycles. The van der Waals surface area contributed by atoms with E-state index in [-0.39, 0.29) is 0 Å². The second-order valence-electron chi connectivity index (χ2n) is 4.50. The molecule has 0 amide bonds. The van der Waals surface area contributed by atoms with Gasteiger partial charge in [0.15, 0.2) is 0 Å². The van der Waals surface area contributed by atoms with Crippen molar-refractivity contribution in [3.63, 3.8) is 0 Å². The van der Waals surface area contributed by atoms with Gasteiger partial charge in [-0.25, -0.2) is 4.98 Å².